The number of imide groups is 1. The number of aromatic nitrogens is 1. The minimum Gasteiger partial charge on any atom is -0.475 e. The molecule has 1 aliphatic heterocycles. The highest BCUT2D eigenvalue weighted by atomic mass is 32.2. The van der Waals surface area contributed by atoms with Gasteiger partial charge in [-0.05, 0) is 43.0 Å². The third-order valence-corrected chi connectivity index (χ3v) is 5.68. The predicted octanol–water partition coefficient (Wildman–Crippen LogP) is 3.58. The predicted molar refractivity (Wildman–Crippen MR) is 116 cm³/mol. The molecule has 2 aromatic heterocycles. The normalized spacial score (nSPS) is 15.2. The summed E-state index contributed by atoms with van der Waals surface area (Å²) >= 11 is 0.763. The Morgan fingerprint density at radius 3 is 2.69 bits per heavy atom. The number of thioether (sulfide) groups is 1. The molecular formula is C22H18N2O7S. The monoisotopic (exact) mass is 454 g/mol. The maximum Gasteiger partial charge on any atom is 0.371 e. The van der Waals surface area contributed by atoms with Crippen molar-refractivity contribution in [2.75, 3.05) is 13.2 Å². The molecule has 1 N–H and O–H groups in total. The van der Waals surface area contributed by atoms with Gasteiger partial charge in [-0.2, -0.15) is 0 Å². The number of benzene rings is 1. The van der Waals surface area contributed by atoms with E-state index in [0.717, 1.165) is 27.6 Å². The van der Waals surface area contributed by atoms with Crippen LogP contribution in [-0.2, 0) is 20.9 Å². The SMILES string of the molecule is CCOC(=O)CN1C(=O)S/C(=C/c2cn(Cc3ccc(C(=O)O)o3)c3ccccc23)C1=O. The molecular weight excluding hydrogens is 436 g/mol. The molecule has 0 unspecified atom stereocenters. The van der Waals surface area contributed by atoms with Crippen LogP contribution in [0.3, 0.4) is 0 Å². The summed E-state index contributed by atoms with van der Waals surface area (Å²) in [4.78, 5) is 48.8. The molecule has 10 heteroatoms. The van der Waals surface area contributed by atoms with E-state index in [0.29, 0.717) is 11.3 Å². The van der Waals surface area contributed by atoms with E-state index in [-0.39, 0.29) is 23.8 Å². The number of ether oxygens (including phenoxy) is 1. The molecule has 32 heavy (non-hydrogen) atoms. The number of para-hydroxylation sites is 1. The largest absolute Gasteiger partial charge is 0.475 e. The van der Waals surface area contributed by atoms with Crippen LogP contribution in [0, 0.1) is 0 Å². The molecule has 0 saturated carbocycles. The zero-order valence-electron chi connectivity index (χ0n) is 16.9. The van der Waals surface area contributed by atoms with Crippen molar-refractivity contribution < 1.29 is 33.4 Å². The van der Waals surface area contributed by atoms with Crippen molar-refractivity contribution in [3.8, 4) is 0 Å². The fourth-order valence-corrected chi connectivity index (χ4v) is 4.21. The third-order valence-electron chi connectivity index (χ3n) is 4.77. The number of hydrogen-bond donors (Lipinski definition) is 1. The molecule has 1 saturated heterocycles. The van der Waals surface area contributed by atoms with Gasteiger partial charge in [-0.25, -0.2) is 4.79 Å². The van der Waals surface area contributed by atoms with Gasteiger partial charge >= 0.3 is 11.9 Å². The molecule has 164 valence electrons. The van der Waals surface area contributed by atoms with Crippen molar-refractivity contribution in [2.24, 2.45) is 0 Å². The van der Waals surface area contributed by atoms with Crippen LogP contribution in [0.1, 0.15) is 28.8 Å². The van der Waals surface area contributed by atoms with Crippen LogP contribution in [0.15, 0.2) is 51.9 Å². The number of esters is 1. The first kappa shape index (κ1) is 21.4. The van der Waals surface area contributed by atoms with Crippen molar-refractivity contribution >= 4 is 51.8 Å². The topological polar surface area (TPSA) is 119 Å². The van der Waals surface area contributed by atoms with Crippen molar-refractivity contribution in [3.05, 3.63) is 64.6 Å². The van der Waals surface area contributed by atoms with Crippen molar-refractivity contribution in [1.29, 1.82) is 0 Å². The molecule has 0 atom stereocenters. The Kier molecular flexibility index (Phi) is 5.87. The second kappa shape index (κ2) is 8.75. The Morgan fingerprint density at radius 1 is 1.19 bits per heavy atom. The third kappa shape index (κ3) is 4.17. The Labute approximate surface area is 186 Å². The average Bonchev–Trinajstić information content (AvgIpc) is 3.43. The van der Waals surface area contributed by atoms with Crippen LogP contribution in [0.5, 0.6) is 0 Å². The van der Waals surface area contributed by atoms with E-state index in [1.54, 1.807) is 25.3 Å². The lowest BCUT2D eigenvalue weighted by Crippen LogP contribution is -2.34. The lowest BCUT2D eigenvalue weighted by Gasteiger charge is -2.10. The van der Waals surface area contributed by atoms with Gasteiger partial charge in [-0.1, -0.05) is 18.2 Å². The molecule has 2 amide bonds. The van der Waals surface area contributed by atoms with Crippen molar-refractivity contribution in [1.82, 2.24) is 9.47 Å². The lowest BCUT2D eigenvalue weighted by molar-refractivity contribution is -0.145. The van der Waals surface area contributed by atoms with Gasteiger partial charge in [0, 0.05) is 22.7 Å². The number of rotatable bonds is 7. The van der Waals surface area contributed by atoms with Crippen LogP contribution in [-0.4, -0.2) is 50.8 Å². The number of carboxylic acids is 1. The van der Waals surface area contributed by atoms with E-state index in [2.05, 4.69) is 0 Å². The van der Waals surface area contributed by atoms with Crippen LogP contribution in [0.25, 0.3) is 17.0 Å². The Morgan fingerprint density at radius 2 is 1.97 bits per heavy atom. The van der Waals surface area contributed by atoms with Gasteiger partial charge in [-0.3, -0.25) is 19.3 Å². The molecule has 0 spiro atoms. The summed E-state index contributed by atoms with van der Waals surface area (Å²) in [7, 11) is 0. The smallest absolute Gasteiger partial charge is 0.371 e. The molecule has 0 radical (unpaired) electrons. The van der Waals surface area contributed by atoms with E-state index in [1.165, 1.54) is 6.07 Å². The summed E-state index contributed by atoms with van der Waals surface area (Å²) in [6.07, 6.45) is 3.41. The number of nitrogens with zero attached hydrogens (tertiary/aromatic N) is 2. The van der Waals surface area contributed by atoms with Gasteiger partial charge < -0.3 is 18.8 Å². The maximum absolute atomic E-state index is 12.7. The first-order valence-electron chi connectivity index (χ1n) is 9.68. The van der Waals surface area contributed by atoms with Gasteiger partial charge in [0.2, 0.25) is 5.76 Å². The fourth-order valence-electron chi connectivity index (χ4n) is 3.38. The molecule has 0 bridgehead atoms. The molecule has 9 nitrogen and oxygen atoms in total. The molecule has 3 aromatic rings. The molecule has 3 heterocycles. The number of furan rings is 1. The zero-order valence-corrected chi connectivity index (χ0v) is 17.8. The standard InChI is InChI=1S/C22H18N2O7S/c1-2-30-19(25)12-24-20(26)18(32-22(24)29)9-13-10-23(16-6-4-3-5-15(13)16)11-14-7-8-17(31-14)21(27)28/h3-10H,2,11-12H2,1H3,(H,27,28)/b18-9+. The summed E-state index contributed by atoms with van der Waals surface area (Å²) in [5, 5.41) is 9.36. The van der Waals surface area contributed by atoms with E-state index >= 15 is 0 Å². The Balaban J connectivity index is 1.64. The number of carbonyl (C=O) groups excluding carboxylic acids is 3. The molecule has 1 aliphatic rings. The van der Waals surface area contributed by atoms with Crippen LogP contribution < -0.4 is 0 Å². The lowest BCUT2D eigenvalue weighted by atomic mass is 10.1. The summed E-state index contributed by atoms with van der Waals surface area (Å²) < 4.78 is 12.0. The molecule has 4 rings (SSSR count). The highest BCUT2D eigenvalue weighted by molar-refractivity contribution is 8.18. The van der Waals surface area contributed by atoms with Gasteiger partial charge in [-0.15, -0.1) is 0 Å². The zero-order chi connectivity index (χ0) is 22.8. The summed E-state index contributed by atoms with van der Waals surface area (Å²) in [5.74, 6) is -2.03. The number of amides is 2. The maximum atomic E-state index is 12.7. The van der Waals surface area contributed by atoms with Gasteiger partial charge in [0.05, 0.1) is 18.1 Å². The number of aromatic carboxylic acids is 1. The molecule has 1 fully saturated rings. The number of carboxylic acid groups (broad SMARTS) is 1. The molecule has 0 aliphatic carbocycles. The van der Waals surface area contributed by atoms with Gasteiger partial charge in [0.1, 0.15) is 12.3 Å². The van der Waals surface area contributed by atoms with Crippen LogP contribution in [0.4, 0.5) is 4.79 Å². The average molecular weight is 454 g/mol. The first-order chi connectivity index (χ1) is 15.4. The number of fused-ring (bicyclic) bond motifs is 1. The second-order valence-electron chi connectivity index (χ2n) is 6.87. The quantitative estimate of drug-likeness (QED) is 0.425. The summed E-state index contributed by atoms with van der Waals surface area (Å²) in [6, 6.07) is 10.5. The highest BCUT2D eigenvalue weighted by Gasteiger charge is 2.36. The number of carbonyl (C=O) groups is 4. The second-order valence-corrected chi connectivity index (χ2v) is 7.87. The van der Waals surface area contributed by atoms with Crippen molar-refractivity contribution in [2.45, 2.75) is 13.5 Å². The van der Waals surface area contributed by atoms with Crippen LogP contribution >= 0.6 is 11.8 Å². The minimum atomic E-state index is -1.15. The van der Waals surface area contributed by atoms with Crippen molar-refractivity contribution in [3.63, 3.8) is 0 Å². The van der Waals surface area contributed by atoms with Gasteiger partial charge in [0.25, 0.3) is 11.1 Å². The fraction of sp³-hybridized carbons (Fsp3) is 0.182. The van der Waals surface area contributed by atoms with E-state index in [4.69, 9.17) is 14.3 Å². The first-order valence-corrected chi connectivity index (χ1v) is 10.5. The van der Waals surface area contributed by atoms with Crippen LogP contribution in [0.2, 0.25) is 0 Å². The highest BCUT2D eigenvalue weighted by Crippen LogP contribution is 2.34. The molecule has 1 aromatic carbocycles. The number of hydrogen-bond acceptors (Lipinski definition) is 7. The summed E-state index contributed by atoms with van der Waals surface area (Å²) in [6.45, 7) is 1.66. The Bertz CT molecular complexity index is 1270. The Hall–Kier alpha value is -3.79. The van der Waals surface area contributed by atoms with E-state index in [1.807, 2.05) is 28.8 Å². The minimum absolute atomic E-state index is 0.146. The van der Waals surface area contributed by atoms with E-state index < -0.39 is 29.6 Å². The van der Waals surface area contributed by atoms with Gasteiger partial charge in [0.15, 0.2) is 0 Å². The summed E-state index contributed by atoms with van der Waals surface area (Å²) in [5.41, 5.74) is 1.55. The van der Waals surface area contributed by atoms with E-state index in [9.17, 15) is 19.2 Å².